The molecule has 2 aromatic carbocycles. The van der Waals surface area contributed by atoms with Crippen LogP contribution in [-0.4, -0.2) is 4.98 Å². The molecule has 0 aliphatic rings. The number of hydrogen-bond acceptors (Lipinski definition) is 4. The highest BCUT2D eigenvalue weighted by Crippen LogP contribution is 2.26. The van der Waals surface area contributed by atoms with E-state index >= 15 is 0 Å². The van der Waals surface area contributed by atoms with Crippen molar-refractivity contribution in [3.8, 4) is 17.3 Å². The number of anilines is 1. The number of benzene rings is 2. The highest BCUT2D eigenvalue weighted by Gasteiger charge is 2.09. The Balaban J connectivity index is 1.77. The molecule has 136 valence electrons. The van der Waals surface area contributed by atoms with Crippen molar-refractivity contribution < 1.29 is 4.39 Å². The van der Waals surface area contributed by atoms with Crippen LogP contribution in [0.15, 0.2) is 60.1 Å². The van der Waals surface area contributed by atoms with Crippen LogP contribution < -0.4 is 5.32 Å². The molecule has 0 bridgehead atoms. The second-order valence-corrected chi connectivity index (χ2v) is 7.52. The van der Waals surface area contributed by atoms with Crippen LogP contribution in [0.4, 0.5) is 10.1 Å². The molecule has 0 aliphatic heterocycles. The van der Waals surface area contributed by atoms with Crippen LogP contribution in [0.2, 0.25) is 0 Å². The third-order valence-electron chi connectivity index (χ3n) is 3.96. The van der Waals surface area contributed by atoms with Crippen molar-refractivity contribution >= 4 is 22.6 Å². The summed E-state index contributed by atoms with van der Waals surface area (Å²) in [4.78, 5) is 4.59. The molecule has 0 radical (unpaired) electrons. The smallest absolute Gasteiger partial charge is 0.136 e. The van der Waals surface area contributed by atoms with Crippen LogP contribution in [0.3, 0.4) is 0 Å². The molecule has 0 amide bonds. The average molecular weight is 377 g/mol. The minimum Gasteiger partial charge on any atom is -0.360 e. The lowest BCUT2D eigenvalue weighted by Gasteiger charge is -2.05. The summed E-state index contributed by atoms with van der Waals surface area (Å²) in [5, 5.41) is 15.0. The first-order valence-electron chi connectivity index (χ1n) is 8.72. The van der Waals surface area contributed by atoms with E-state index in [4.69, 9.17) is 0 Å². The molecule has 3 nitrogen and oxygen atoms in total. The Morgan fingerprint density at radius 2 is 2.04 bits per heavy atom. The van der Waals surface area contributed by atoms with E-state index in [1.807, 2.05) is 5.38 Å². The number of aromatic nitrogens is 1. The van der Waals surface area contributed by atoms with E-state index in [9.17, 15) is 9.65 Å². The van der Waals surface area contributed by atoms with E-state index in [0.717, 1.165) is 17.7 Å². The lowest BCUT2D eigenvalue weighted by molar-refractivity contribution is 0.628. The lowest BCUT2D eigenvalue weighted by Crippen LogP contribution is -1.93. The summed E-state index contributed by atoms with van der Waals surface area (Å²) in [6.45, 7) is 4.41. The number of thiazole rings is 1. The van der Waals surface area contributed by atoms with Crippen LogP contribution in [0.5, 0.6) is 0 Å². The molecule has 0 fully saturated rings. The molecule has 1 heterocycles. The molecule has 5 heteroatoms. The number of nitrogens with zero attached hydrogens (tertiary/aromatic N) is 2. The zero-order chi connectivity index (χ0) is 19.2. The van der Waals surface area contributed by atoms with Crippen LogP contribution in [0, 0.1) is 23.1 Å². The molecule has 0 aliphatic carbocycles. The SMILES string of the molecule is CC(C)Cc1ccc(-c2csc(/C(C#N)=C/Nc3cccc(F)c3)n2)cc1. The van der Waals surface area contributed by atoms with Gasteiger partial charge in [0, 0.05) is 22.8 Å². The fourth-order valence-corrected chi connectivity index (χ4v) is 3.48. The Kier molecular flexibility index (Phi) is 6.00. The molecule has 0 unspecified atom stereocenters. The van der Waals surface area contributed by atoms with E-state index in [1.165, 1.54) is 29.0 Å². The van der Waals surface area contributed by atoms with E-state index in [1.54, 1.807) is 18.3 Å². The Bertz CT molecular complexity index is 981. The van der Waals surface area contributed by atoms with Crippen molar-refractivity contribution in [2.24, 2.45) is 5.92 Å². The summed E-state index contributed by atoms with van der Waals surface area (Å²) in [6.07, 6.45) is 2.61. The predicted molar refractivity (Wildman–Crippen MR) is 110 cm³/mol. The van der Waals surface area contributed by atoms with Crippen molar-refractivity contribution in [1.82, 2.24) is 4.98 Å². The maximum atomic E-state index is 13.2. The van der Waals surface area contributed by atoms with Gasteiger partial charge in [-0.1, -0.05) is 44.2 Å². The molecular weight excluding hydrogens is 357 g/mol. The molecule has 27 heavy (non-hydrogen) atoms. The fraction of sp³-hybridized carbons (Fsp3) is 0.182. The summed E-state index contributed by atoms with van der Waals surface area (Å²) in [7, 11) is 0. The Morgan fingerprint density at radius 3 is 2.70 bits per heavy atom. The largest absolute Gasteiger partial charge is 0.360 e. The van der Waals surface area contributed by atoms with Gasteiger partial charge >= 0.3 is 0 Å². The molecule has 0 atom stereocenters. The monoisotopic (exact) mass is 377 g/mol. The zero-order valence-corrected chi connectivity index (χ0v) is 16.1. The fourth-order valence-electron chi connectivity index (χ4n) is 2.69. The van der Waals surface area contributed by atoms with E-state index in [-0.39, 0.29) is 5.82 Å². The summed E-state index contributed by atoms with van der Waals surface area (Å²) >= 11 is 1.41. The van der Waals surface area contributed by atoms with Gasteiger partial charge in [0.1, 0.15) is 22.5 Å². The standard InChI is InChI=1S/C22H20FN3S/c1-15(2)10-16-6-8-17(9-7-16)21-14-27-22(26-21)18(12-24)13-25-20-5-3-4-19(23)11-20/h3-9,11,13-15,25H,10H2,1-2H3/b18-13+. The number of halogens is 1. The van der Waals surface area contributed by atoms with Crippen molar-refractivity contribution in [2.45, 2.75) is 20.3 Å². The van der Waals surface area contributed by atoms with Gasteiger partial charge in [-0.15, -0.1) is 11.3 Å². The van der Waals surface area contributed by atoms with Gasteiger partial charge in [-0.3, -0.25) is 0 Å². The highest BCUT2D eigenvalue weighted by molar-refractivity contribution is 7.11. The molecule has 0 saturated heterocycles. The first-order chi connectivity index (χ1) is 13.0. The zero-order valence-electron chi connectivity index (χ0n) is 15.2. The van der Waals surface area contributed by atoms with Crippen molar-refractivity contribution in [1.29, 1.82) is 5.26 Å². The van der Waals surface area contributed by atoms with Crippen LogP contribution in [0.1, 0.15) is 24.4 Å². The average Bonchev–Trinajstić information content (AvgIpc) is 3.12. The molecular formula is C22H20FN3S. The molecule has 3 rings (SSSR count). The van der Waals surface area contributed by atoms with Gasteiger partial charge in [0.05, 0.1) is 5.69 Å². The Labute approximate surface area is 162 Å². The van der Waals surface area contributed by atoms with E-state index < -0.39 is 0 Å². The normalized spacial score (nSPS) is 11.4. The van der Waals surface area contributed by atoms with Gasteiger partial charge in [0.25, 0.3) is 0 Å². The number of nitriles is 1. The highest BCUT2D eigenvalue weighted by atomic mass is 32.1. The second-order valence-electron chi connectivity index (χ2n) is 6.66. The molecule has 0 spiro atoms. The van der Waals surface area contributed by atoms with Crippen molar-refractivity contribution in [3.05, 3.63) is 76.5 Å². The lowest BCUT2D eigenvalue weighted by atomic mass is 10.0. The van der Waals surface area contributed by atoms with Crippen LogP contribution >= 0.6 is 11.3 Å². The molecule has 1 N–H and O–H groups in total. The third-order valence-corrected chi connectivity index (χ3v) is 4.83. The minimum atomic E-state index is -0.329. The Morgan fingerprint density at radius 1 is 1.26 bits per heavy atom. The number of nitrogens with one attached hydrogen (secondary N) is 1. The van der Waals surface area contributed by atoms with E-state index in [0.29, 0.717) is 22.2 Å². The van der Waals surface area contributed by atoms with Crippen molar-refractivity contribution in [2.75, 3.05) is 5.32 Å². The first-order valence-corrected chi connectivity index (χ1v) is 9.60. The summed E-state index contributed by atoms with van der Waals surface area (Å²) < 4.78 is 13.2. The van der Waals surface area contributed by atoms with Gasteiger partial charge in [0.15, 0.2) is 0 Å². The van der Waals surface area contributed by atoms with Gasteiger partial charge in [-0.05, 0) is 36.1 Å². The predicted octanol–water partition coefficient (Wildman–Crippen LogP) is 6.12. The third kappa shape index (κ3) is 5.02. The van der Waals surface area contributed by atoms with Gasteiger partial charge in [0.2, 0.25) is 0 Å². The second kappa shape index (κ2) is 8.61. The van der Waals surface area contributed by atoms with Crippen LogP contribution in [-0.2, 0) is 6.42 Å². The van der Waals surface area contributed by atoms with Gasteiger partial charge in [-0.25, -0.2) is 9.37 Å². The minimum absolute atomic E-state index is 0.329. The summed E-state index contributed by atoms with van der Waals surface area (Å²) in [6, 6.07) is 16.6. The van der Waals surface area contributed by atoms with Gasteiger partial charge in [-0.2, -0.15) is 5.26 Å². The molecule has 0 saturated carbocycles. The first kappa shape index (κ1) is 18.8. The van der Waals surface area contributed by atoms with E-state index in [2.05, 4.69) is 54.5 Å². The maximum Gasteiger partial charge on any atom is 0.136 e. The van der Waals surface area contributed by atoms with Gasteiger partial charge < -0.3 is 5.32 Å². The van der Waals surface area contributed by atoms with Crippen LogP contribution in [0.25, 0.3) is 16.8 Å². The topological polar surface area (TPSA) is 48.7 Å². The quantitative estimate of drug-likeness (QED) is 0.526. The Hall–Kier alpha value is -2.97. The van der Waals surface area contributed by atoms with Crippen molar-refractivity contribution in [3.63, 3.8) is 0 Å². The molecule has 1 aromatic heterocycles. The number of allylic oxidation sites excluding steroid dienone is 1. The number of hydrogen-bond donors (Lipinski definition) is 1. The number of rotatable bonds is 6. The molecule has 3 aromatic rings. The summed E-state index contributed by atoms with van der Waals surface area (Å²) in [5.74, 6) is 0.292. The summed E-state index contributed by atoms with van der Waals surface area (Å²) in [5.41, 5.74) is 4.17. The maximum absolute atomic E-state index is 13.2.